The topological polar surface area (TPSA) is 0 Å². The Bertz CT molecular complexity index is 7710. The largest absolute Gasteiger partial charge is 0.284 e. The Hall–Kier alpha value is -25.3. The second kappa shape index (κ2) is 89.7. The Morgan fingerprint density at radius 3 is 0.0948 bits per heavy atom. The zero-order valence-electron chi connectivity index (χ0n) is 58.4. The van der Waals surface area contributed by atoms with Crippen molar-refractivity contribution in [3.8, 4) is 675 Å². The van der Waals surface area contributed by atoms with Crippen molar-refractivity contribution >= 4 is 0 Å². The lowest BCUT2D eigenvalue weighted by Crippen LogP contribution is -1.57. The highest BCUT2D eigenvalue weighted by atomic mass is 13.7. The smallest absolute Gasteiger partial charge is 0 e. The minimum Gasteiger partial charge on any atom is -0.284 e. The molecule has 0 unspecified atom stereocenters. The molecule has 0 radical (unpaired) electrons. The fourth-order valence-electron chi connectivity index (χ4n) is 3.53. The summed E-state index contributed by atoms with van der Waals surface area (Å²) in [4.78, 5) is 0. The number of hydrogen-bond donors (Lipinski definition) is 0. The van der Waals surface area contributed by atoms with E-state index < -0.39 is 0 Å². The van der Waals surface area contributed by atoms with Gasteiger partial charge in [0.15, 0.2) is 0 Å². The van der Waals surface area contributed by atoms with Crippen LogP contribution in [0.4, 0.5) is 0 Å². The average Bonchev–Trinajstić information content (AvgIpc) is 1.67. The zero-order chi connectivity index (χ0) is 82.6. The molecule has 0 rings (SSSR count). The molecule has 0 spiro atoms. The van der Waals surface area contributed by atoms with E-state index in [0.29, 0.717) is 0 Å². The van der Waals surface area contributed by atoms with Crippen LogP contribution in [0.2, 0.25) is 0 Å². The molecule has 0 aliphatic rings. The molecule has 0 N–H and O–H groups in total. The molecule has 0 aromatic carbocycles. The van der Waals surface area contributed by atoms with Crippen LogP contribution in [0.15, 0.2) is 0 Å². The fourth-order valence-corrected chi connectivity index (χ4v) is 3.53. The molecule has 0 nitrogen and oxygen atoms in total. The van der Waals surface area contributed by atoms with Gasteiger partial charge >= 0.3 is 0 Å². The minimum atomic E-state index is 2.37. The van der Waals surface area contributed by atoms with E-state index in [1.807, 2.05) is 0 Å². The van der Waals surface area contributed by atoms with Gasteiger partial charge in [0.05, 0.1) is 0 Å². The molecular weight excluding hydrogens is 1390 g/mol. The van der Waals surface area contributed by atoms with Crippen LogP contribution in [0.25, 0.3) is 0 Å². The summed E-state index contributed by atoms with van der Waals surface area (Å²) in [6.07, 6.45) is 0. The molecule has 116 heavy (non-hydrogen) atoms. The van der Waals surface area contributed by atoms with Gasteiger partial charge in [0.25, 0.3) is 0 Å². The molecule has 0 bridgehead atoms. The normalized spacial score (nSPS) is 3.97. The molecule has 0 aliphatic heterocycles. The molecule has 0 heterocycles. The molecule has 0 saturated heterocycles. The van der Waals surface area contributed by atoms with Gasteiger partial charge in [0.1, 0.15) is 0 Å². The van der Waals surface area contributed by atoms with Crippen LogP contribution >= 0.6 is 0 Å². The lowest BCUT2D eigenvalue weighted by atomic mass is 10.4. The Balaban J connectivity index is 4.65. The Morgan fingerprint density at radius 1 is 0.0431 bits per heavy atom. The summed E-state index contributed by atoms with van der Waals surface area (Å²) in [5, 5.41) is 0. The maximum Gasteiger partial charge on any atom is 0 e. The predicted octanol–water partition coefficient (Wildman–Crippen LogP) is 0.848. The van der Waals surface area contributed by atoms with E-state index in [-0.39, 0.29) is 0 Å². The highest BCUT2D eigenvalue weighted by molar-refractivity contribution is 5.57. The Labute approximate surface area is 684 Å². The molecular formula is C116H4-2. The lowest BCUT2D eigenvalue weighted by Gasteiger charge is -1.64. The standard InChI is InChI=1S/C116H4/c1-3-5-7-9-11-13-15-17-19-21-23-25-27-29-31-33-35-37-39-41-43-45-47-49-51-53-55-57-59-61-63-65-67-69-71-73-75-77-79-81-83-85-87-89-91-93-95-97-99-101-103-105-107-109-111-113-115-116-114-112-110-108-106-104-102-100-98-96-94-92-90-88-86-84-82-80-78-76-74-72-70-68-66-64-62-60-58-56-54-52-50-48-46-44-42-40-38-36-34-32-30-28-26-24-22-20-18-16-14-12-10-8-6-4-2/h1-2H2/q-2. The van der Waals surface area contributed by atoms with Crippen LogP contribution in [-0.2, 0) is 0 Å². The van der Waals surface area contributed by atoms with Crippen molar-refractivity contribution in [3.05, 3.63) is 13.8 Å². The van der Waals surface area contributed by atoms with Gasteiger partial charge in [0.2, 0.25) is 0 Å². The zero-order valence-corrected chi connectivity index (χ0v) is 58.4. The number of rotatable bonds is 0. The monoisotopic (exact) mass is 1400 g/mol. The lowest BCUT2D eigenvalue weighted by molar-refractivity contribution is 2.31. The van der Waals surface area contributed by atoms with E-state index in [4.69, 9.17) is 0 Å². The second-order valence-electron chi connectivity index (χ2n) is 14.4. The number of hydrogen-bond acceptors (Lipinski definition) is 0. The summed E-state index contributed by atoms with van der Waals surface area (Å²) in [5.41, 5.74) is 0. The van der Waals surface area contributed by atoms with E-state index in [1.54, 1.807) is 0 Å². The molecule has 470 valence electrons. The summed E-state index contributed by atoms with van der Waals surface area (Å²) in [6.45, 7) is 6.64. The van der Waals surface area contributed by atoms with Crippen LogP contribution in [-0.4, -0.2) is 0 Å². The van der Waals surface area contributed by atoms with Gasteiger partial charge in [0, 0.05) is 545 Å². The van der Waals surface area contributed by atoms with Crippen molar-refractivity contribution in [3.63, 3.8) is 0 Å². The van der Waals surface area contributed by atoms with Gasteiger partial charge < -0.3 is 0 Å². The molecule has 0 fully saturated rings. The Morgan fingerprint density at radius 2 is 0.0690 bits per heavy atom. The second-order valence-corrected chi connectivity index (χ2v) is 14.4. The van der Waals surface area contributed by atoms with Crippen molar-refractivity contribution in [2.45, 2.75) is 0 Å². The first-order valence-corrected chi connectivity index (χ1v) is 29.0. The highest BCUT2D eigenvalue weighted by Crippen LogP contribution is 1.69. The molecule has 0 saturated carbocycles. The summed E-state index contributed by atoms with van der Waals surface area (Å²) < 4.78 is 0. The average molecular weight is 1400 g/mol. The Kier molecular flexibility index (Phi) is 70.1. The van der Waals surface area contributed by atoms with E-state index in [1.165, 1.54) is 0 Å². The molecule has 0 aromatic heterocycles. The van der Waals surface area contributed by atoms with E-state index >= 15 is 0 Å². The van der Waals surface area contributed by atoms with Gasteiger partial charge in [-0.15, -0.1) is 11.8 Å². The van der Waals surface area contributed by atoms with E-state index in [9.17, 15) is 0 Å². The third-order valence-corrected chi connectivity index (χ3v) is 7.11. The van der Waals surface area contributed by atoms with Gasteiger partial charge in [-0.05, 0) is 94.7 Å². The first kappa shape index (κ1) is 90.7. The third kappa shape index (κ3) is 88.7. The predicted molar refractivity (Wildman–Crippen MR) is 454 cm³/mol. The van der Waals surface area contributed by atoms with Crippen LogP contribution in [0.5, 0.6) is 0 Å². The molecule has 0 heteroatoms. The van der Waals surface area contributed by atoms with Crippen LogP contribution in [0.1, 0.15) is 0 Å². The maximum absolute atomic E-state index is 3.32. The molecule has 0 atom stereocenters. The third-order valence-electron chi connectivity index (χ3n) is 7.11. The fraction of sp³-hybridized carbons (Fsp3) is 0. The summed E-state index contributed by atoms with van der Waals surface area (Å²) in [7, 11) is 0. The van der Waals surface area contributed by atoms with Gasteiger partial charge in [-0.1, -0.05) is 0 Å². The van der Waals surface area contributed by atoms with Crippen molar-refractivity contribution in [2.75, 3.05) is 0 Å². The molecule has 0 aromatic rings. The van der Waals surface area contributed by atoms with E-state index in [0.717, 1.165) is 0 Å². The van der Waals surface area contributed by atoms with Crippen molar-refractivity contribution < 1.29 is 0 Å². The summed E-state index contributed by atoms with van der Waals surface area (Å²) in [6, 6.07) is 0. The van der Waals surface area contributed by atoms with E-state index in [2.05, 4.69) is 689 Å². The van der Waals surface area contributed by atoms with Crippen molar-refractivity contribution in [1.82, 2.24) is 0 Å². The summed E-state index contributed by atoms with van der Waals surface area (Å²) in [5.74, 6) is 284. The van der Waals surface area contributed by atoms with Crippen LogP contribution in [0, 0.1) is 689 Å². The molecule has 0 amide bonds. The van der Waals surface area contributed by atoms with Crippen LogP contribution in [0.3, 0.4) is 0 Å². The van der Waals surface area contributed by atoms with Gasteiger partial charge in [-0.2, -0.15) is 13.8 Å². The quantitative estimate of drug-likeness (QED) is 0.250. The summed E-state index contributed by atoms with van der Waals surface area (Å²) >= 11 is 0. The van der Waals surface area contributed by atoms with Gasteiger partial charge in [-0.25, -0.2) is 11.8 Å². The maximum atomic E-state index is 3.32. The first-order valence-electron chi connectivity index (χ1n) is 29.0. The van der Waals surface area contributed by atoms with Crippen molar-refractivity contribution in [1.29, 1.82) is 0 Å². The van der Waals surface area contributed by atoms with Crippen LogP contribution < -0.4 is 0 Å². The molecule has 0 aliphatic carbocycles. The highest BCUT2D eigenvalue weighted by Gasteiger charge is 1.68. The van der Waals surface area contributed by atoms with Gasteiger partial charge in [-0.3, -0.25) is 11.8 Å². The minimum absolute atomic E-state index is 2.37. The first-order chi connectivity index (χ1) is 57.9. The van der Waals surface area contributed by atoms with Crippen molar-refractivity contribution in [2.24, 2.45) is 0 Å². The SMILES string of the molecule is [CH2-]C#CC#CC#CC#CC#CC#CC#CC#CC#CC#CC#CC#CC#CC#CC#CC#CC#CC#CC#CC#CC#CC#CC#CC#CC#CC#CC#CC#CC#CC#CC#CC#CC#CC#CC#CC#CC#CC#CC#CC#CC#CC#CC#CC#CC#CC#CC#CC#CC#CC#CC#CC#CC#CC#CC#CC#CC#C[CH2-].